The van der Waals surface area contributed by atoms with Crippen molar-refractivity contribution in [2.75, 3.05) is 9.80 Å². The van der Waals surface area contributed by atoms with Gasteiger partial charge in [-0.05, 0) is 155 Å². The predicted octanol–water partition coefficient (Wildman–Crippen LogP) is 19.8. The van der Waals surface area contributed by atoms with E-state index in [0.717, 1.165) is 46.2 Å². The smallest absolute Gasteiger partial charge is 0.0542 e. The lowest BCUT2D eigenvalue weighted by Crippen LogP contribution is -2.23. The van der Waals surface area contributed by atoms with Crippen molar-refractivity contribution in [1.82, 2.24) is 9.13 Å². The summed E-state index contributed by atoms with van der Waals surface area (Å²) in [6.45, 7) is 2.38. The Morgan fingerprint density at radius 1 is 0.299 bits per heavy atom. The van der Waals surface area contributed by atoms with Crippen LogP contribution in [0.3, 0.4) is 0 Å². The molecule has 1 aliphatic rings. The molecule has 1 aliphatic carbocycles. The normalized spacial score (nSPS) is 13.5. The maximum absolute atomic E-state index is 2.49. The molecule has 366 valence electrons. The molecule has 0 aliphatic heterocycles. The first-order valence-electron chi connectivity index (χ1n) is 26.7. The molecule has 0 amide bonds. The number of para-hydroxylation sites is 4. The largest absolute Gasteiger partial charge is 0.314 e. The van der Waals surface area contributed by atoms with Crippen LogP contribution in [0.4, 0.5) is 28.4 Å². The average Bonchev–Trinajstić information content (AvgIpc) is 4.16. The van der Waals surface area contributed by atoms with E-state index in [0.29, 0.717) is 0 Å². The van der Waals surface area contributed by atoms with E-state index in [1.54, 1.807) is 0 Å². The Hall–Kier alpha value is -9.90. The number of anilines is 5. The van der Waals surface area contributed by atoms with E-state index in [4.69, 9.17) is 0 Å². The minimum absolute atomic E-state index is 0.217. The predicted molar refractivity (Wildman–Crippen MR) is 326 cm³/mol. The maximum Gasteiger partial charge on any atom is 0.0542 e. The first kappa shape index (κ1) is 45.7. The van der Waals surface area contributed by atoms with Gasteiger partial charge in [-0.15, -0.1) is 0 Å². The molecule has 0 fully saturated rings. The Labute approximate surface area is 449 Å². The van der Waals surface area contributed by atoms with Gasteiger partial charge in [-0.2, -0.15) is 0 Å². The number of fused-ring (bicyclic) bond motifs is 6. The van der Waals surface area contributed by atoms with Gasteiger partial charge in [-0.3, -0.25) is 0 Å². The van der Waals surface area contributed by atoms with Crippen LogP contribution in [0.5, 0.6) is 0 Å². The van der Waals surface area contributed by atoms with E-state index in [-0.39, 0.29) is 5.92 Å². The van der Waals surface area contributed by atoms with Crippen molar-refractivity contribution in [1.29, 1.82) is 0 Å². The fraction of sp³-hybridized carbons (Fsp3) is 0.0411. The van der Waals surface area contributed by atoms with Crippen LogP contribution in [0.1, 0.15) is 18.9 Å². The van der Waals surface area contributed by atoms with Gasteiger partial charge in [0.05, 0.1) is 22.1 Å². The molecule has 77 heavy (non-hydrogen) atoms. The maximum atomic E-state index is 2.49. The highest BCUT2D eigenvalue weighted by atomic mass is 15.2. The minimum Gasteiger partial charge on any atom is -0.314 e. The fourth-order valence-electron chi connectivity index (χ4n) is 11.9. The topological polar surface area (TPSA) is 16.3 Å². The summed E-state index contributed by atoms with van der Waals surface area (Å²) in [5.74, 6) is 0.217. The molecular formula is C73H54N4. The van der Waals surface area contributed by atoms with E-state index < -0.39 is 0 Å². The number of nitrogens with zero attached hydrogens (tertiary/aromatic N) is 4. The van der Waals surface area contributed by atoms with Crippen LogP contribution >= 0.6 is 0 Å². The Balaban J connectivity index is 0.850. The van der Waals surface area contributed by atoms with Gasteiger partial charge in [-0.25, -0.2) is 0 Å². The molecule has 4 heteroatoms. The van der Waals surface area contributed by atoms with Crippen LogP contribution in [0.25, 0.3) is 82.8 Å². The molecular weight excluding hydrogens is 933 g/mol. The molecule has 0 saturated carbocycles. The van der Waals surface area contributed by atoms with E-state index in [1.165, 1.54) is 82.7 Å². The van der Waals surface area contributed by atoms with Gasteiger partial charge >= 0.3 is 0 Å². The van der Waals surface area contributed by atoms with Crippen LogP contribution in [-0.2, 0) is 0 Å². The van der Waals surface area contributed by atoms with Gasteiger partial charge in [0.2, 0.25) is 0 Å². The number of aromatic nitrogens is 2. The van der Waals surface area contributed by atoms with Gasteiger partial charge in [-0.1, -0.05) is 183 Å². The van der Waals surface area contributed by atoms with Crippen molar-refractivity contribution in [3.8, 4) is 33.6 Å². The highest BCUT2D eigenvalue weighted by Crippen LogP contribution is 2.45. The van der Waals surface area contributed by atoms with Crippen LogP contribution in [0.15, 0.2) is 297 Å². The fourth-order valence-corrected chi connectivity index (χ4v) is 11.9. The molecule has 0 spiro atoms. The second kappa shape index (κ2) is 19.4. The molecule has 2 aromatic heterocycles. The molecule has 4 nitrogen and oxygen atoms in total. The molecule has 0 radical (unpaired) electrons. The number of hydrogen-bond donors (Lipinski definition) is 0. The molecule has 0 saturated heterocycles. The van der Waals surface area contributed by atoms with Crippen LogP contribution in [0.2, 0.25) is 0 Å². The molecule has 13 aromatic rings. The van der Waals surface area contributed by atoms with E-state index in [9.17, 15) is 0 Å². The Morgan fingerprint density at radius 2 is 0.649 bits per heavy atom. The van der Waals surface area contributed by atoms with Crippen molar-refractivity contribution >= 4 is 77.6 Å². The summed E-state index contributed by atoms with van der Waals surface area (Å²) >= 11 is 0. The van der Waals surface area contributed by atoms with Gasteiger partial charge in [0, 0.05) is 73.0 Å². The standard InChI is InChI=1S/C73H54N4/c1-51-48-57(36-45-69(51)75(62-41-32-55(33-42-62)53-20-8-3-9-21-53)64-44-47-73-68(50-64)66-27-15-17-29-71(66)77(73)59-24-12-5-13-25-59)56-34-39-61(40-35-56)74(60-37-30-54(31-38-60)52-18-6-2-7-19-52)63-43-46-72-67(49-63)65-26-14-16-28-70(65)76(72)58-22-10-4-11-23-58/h2-47,49-51H,48H2,1H3. The summed E-state index contributed by atoms with van der Waals surface area (Å²) in [7, 11) is 0. The number of allylic oxidation sites excluding steroid dienone is 4. The molecule has 2 heterocycles. The summed E-state index contributed by atoms with van der Waals surface area (Å²) in [5.41, 5.74) is 21.3. The molecule has 11 aromatic carbocycles. The van der Waals surface area contributed by atoms with Crippen LogP contribution < -0.4 is 9.80 Å². The lowest BCUT2D eigenvalue weighted by atomic mass is 9.87. The van der Waals surface area contributed by atoms with Gasteiger partial charge in [0.15, 0.2) is 0 Å². The number of benzene rings is 11. The summed E-state index contributed by atoms with van der Waals surface area (Å²) in [4.78, 5) is 4.89. The quantitative estimate of drug-likeness (QED) is 0.128. The van der Waals surface area contributed by atoms with Crippen LogP contribution in [-0.4, -0.2) is 9.13 Å². The van der Waals surface area contributed by atoms with Gasteiger partial charge in [0.25, 0.3) is 0 Å². The first-order chi connectivity index (χ1) is 38.1. The summed E-state index contributed by atoms with van der Waals surface area (Å²) in [6, 6.07) is 101. The Morgan fingerprint density at radius 3 is 1.10 bits per heavy atom. The third kappa shape index (κ3) is 8.28. The summed E-state index contributed by atoms with van der Waals surface area (Å²) < 4.78 is 4.77. The SMILES string of the molecule is CC1CC(c2ccc(N(c3ccc(-c4ccccc4)cc3)c3ccc4c(c3)c3ccccc3n4-c3ccccc3)cc2)=CC=C1N(c1ccc(-c2ccccc2)cc1)c1ccc2c(c1)c1ccccc1n2-c1ccccc1. The van der Waals surface area contributed by atoms with Crippen molar-refractivity contribution < 1.29 is 0 Å². The molecule has 14 rings (SSSR count). The Kier molecular flexibility index (Phi) is 11.5. The zero-order chi connectivity index (χ0) is 51.2. The van der Waals surface area contributed by atoms with Crippen molar-refractivity contribution in [3.05, 3.63) is 302 Å². The van der Waals surface area contributed by atoms with E-state index >= 15 is 0 Å². The minimum atomic E-state index is 0.217. The lowest BCUT2D eigenvalue weighted by molar-refractivity contribution is 0.680. The van der Waals surface area contributed by atoms with Gasteiger partial charge in [0.1, 0.15) is 0 Å². The third-order valence-corrected chi connectivity index (χ3v) is 15.6. The molecule has 1 atom stereocenters. The lowest BCUT2D eigenvalue weighted by Gasteiger charge is -2.34. The highest BCUT2D eigenvalue weighted by molar-refractivity contribution is 6.12. The highest BCUT2D eigenvalue weighted by Gasteiger charge is 2.26. The van der Waals surface area contributed by atoms with Crippen molar-refractivity contribution in [2.24, 2.45) is 5.92 Å². The monoisotopic (exact) mass is 986 g/mol. The average molecular weight is 987 g/mol. The first-order valence-corrected chi connectivity index (χ1v) is 26.7. The zero-order valence-electron chi connectivity index (χ0n) is 42.8. The van der Waals surface area contributed by atoms with Gasteiger partial charge < -0.3 is 18.9 Å². The van der Waals surface area contributed by atoms with E-state index in [2.05, 4.69) is 317 Å². The third-order valence-electron chi connectivity index (χ3n) is 15.6. The Bertz CT molecular complexity index is 4320. The zero-order valence-corrected chi connectivity index (χ0v) is 42.8. The number of hydrogen-bond acceptors (Lipinski definition) is 2. The van der Waals surface area contributed by atoms with E-state index in [1.807, 2.05) is 0 Å². The summed E-state index contributed by atoms with van der Waals surface area (Å²) in [5, 5.41) is 4.91. The second-order valence-electron chi connectivity index (χ2n) is 20.2. The molecule has 0 N–H and O–H groups in total. The summed E-state index contributed by atoms with van der Waals surface area (Å²) in [6.07, 6.45) is 5.61. The van der Waals surface area contributed by atoms with Crippen molar-refractivity contribution in [2.45, 2.75) is 13.3 Å². The second-order valence-corrected chi connectivity index (χ2v) is 20.2. The van der Waals surface area contributed by atoms with Crippen molar-refractivity contribution in [3.63, 3.8) is 0 Å². The van der Waals surface area contributed by atoms with Crippen LogP contribution in [0, 0.1) is 5.92 Å². The number of rotatable bonds is 11. The molecule has 0 bridgehead atoms. The molecule has 1 unspecified atom stereocenters.